The van der Waals surface area contributed by atoms with Crippen LogP contribution < -0.4 is 5.32 Å². The first-order chi connectivity index (χ1) is 9.04. The van der Waals surface area contributed by atoms with Gasteiger partial charge in [0.05, 0.1) is 5.56 Å². The molecule has 0 spiro atoms. The lowest BCUT2D eigenvalue weighted by Gasteiger charge is -2.14. The molecule has 1 aromatic carbocycles. The van der Waals surface area contributed by atoms with Crippen molar-refractivity contribution in [3.05, 3.63) is 33.3 Å². The van der Waals surface area contributed by atoms with E-state index in [9.17, 15) is 4.79 Å². The highest BCUT2D eigenvalue weighted by atomic mass is 79.9. The Morgan fingerprint density at radius 1 is 1.37 bits per heavy atom. The van der Waals surface area contributed by atoms with E-state index in [1.54, 1.807) is 18.2 Å². The van der Waals surface area contributed by atoms with Crippen molar-refractivity contribution < 1.29 is 4.79 Å². The van der Waals surface area contributed by atoms with E-state index in [-0.39, 0.29) is 11.9 Å². The number of amides is 1. The van der Waals surface area contributed by atoms with Crippen molar-refractivity contribution >= 4 is 33.4 Å². The van der Waals surface area contributed by atoms with Crippen LogP contribution in [0.15, 0.2) is 22.7 Å². The molecule has 0 aliphatic heterocycles. The average molecular weight is 347 g/mol. The molecule has 1 rings (SSSR count). The lowest BCUT2D eigenvalue weighted by molar-refractivity contribution is 0.0937. The summed E-state index contributed by atoms with van der Waals surface area (Å²) in [6.45, 7) is 4.24. The maximum atomic E-state index is 12.1. The zero-order valence-electron chi connectivity index (χ0n) is 11.5. The second-order valence-corrected chi connectivity index (χ2v) is 6.14. The predicted molar refractivity (Wildman–Crippen MR) is 84.8 cm³/mol. The van der Waals surface area contributed by atoms with E-state index < -0.39 is 0 Å². The first kappa shape index (κ1) is 16.5. The van der Waals surface area contributed by atoms with Crippen LogP contribution >= 0.6 is 27.5 Å². The number of carbonyl (C=O) groups excluding carboxylic acids is 1. The molecule has 0 aliphatic rings. The summed E-state index contributed by atoms with van der Waals surface area (Å²) in [7, 11) is 0. The Morgan fingerprint density at radius 3 is 2.79 bits per heavy atom. The van der Waals surface area contributed by atoms with Gasteiger partial charge in [-0.05, 0) is 47.5 Å². The van der Waals surface area contributed by atoms with E-state index in [1.807, 2.05) is 6.92 Å². The molecule has 4 heteroatoms. The molecule has 106 valence electrons. The topological polar surface area (TPSA) is 29.1 Å². The summed E-state index contributed by atoms with van der Waals surface area (Å²) in [5, 5.41) is 3.59. The summed E-state index contributed by atoms with van der Waals surface area (Å²) in [6, 6.07) is 5.43. The number of carbonyl (C=O) groups is 1. The third-order valence-corrected chi connectivity index (χ3v) is 3.97. The highest BCUT2D eigenvalue weighted by Gasteiger charge is 2.13. The van der Waals surface area contributed by atoms with Gasteiger partial charge in [0.25, 0.3) is 5.91 Å². The van der Waals surface area contributed by atoms with Gasteiger partial charge in [-0.15, -0.1) is 0 Å². The maximum Gasteiger partial charge on any atom is 0.252 e. The fraction of sp³-hybridized carbons (Fsp3) is 0.533. The van der Waals surface area contributed by atoms with Crippen LogP contribution in [0.3, 0.4) is 0 Å². The summed E-state index contributed by atoms with van der Waals surface area (Å²) in [5.41, 5.74) is 0.591. The van der Waals surface area contributed by atoms with Crippen LogP contribution in [0.4, 0.5) is 0 Å². The third kappa shape index (κ3) is 5.96. The molecular weight excluding hydrogens is 326 g/mol. The smallest absolute Gasteiger partial charge is 0.252 e. The van der Waals surface area contributed by atoms with Crippen molar-refractivity contribution in [2.45, 2.75) is 52.0 Å². The minimum absolute atomic E-state index is 0.0719. The monoisotopic (exact) mass is 345 g/mol. The molecule has 1 N–H and O–H groups in total. The van der Waals surface area contributed by atoms with Crippen molar-refractivity contribution in [2.75, 3.05) is 0 Å². The van der Waals surface area contributed by atoms with Crippen LogP contribution in [-0.4, -0.2) is 11.9 Å². The number of hydrogen-bond donors (Lipinski definition) is 1. The van der Waals surface area contributed by atoms with E-state index >= 15 is 0 Å². The van der Waals surface area contributed by atoms with Crippen molar-refractivity contribution in [2.24, 2.45) is 0 Å². The van der Waals surface area contributed by atoms with Gasteiger partial charge in [-0.3, -0.25) is 4.79 Å². The van der Waals surface area contributed by atoms with Gasteiger partial charge < -0.3 is 5.32 Å². The van der Waals surface area contributed by atoms with Gasteiger partial charge in [-0.25, -0.2) is 0 Å². The molecule has 0 fully saturated rings. The fourth-order valence-electron chi connectivity index (χ4n) is 1.92. The molecule has 1 aromatic rings. The minimum atomic E-state index is -0.0719. The van der Waals surface area contributed by atoms with E-state index in [0.29, 0.717) is 10.6 Å². The second-order valence-electron chi connectivity index (χ2n) is 4.85. The normalized spacial score (nSPS) is 12.2. The number of halogens is 2. The van der Waals surface area contributed by atoms with Gasteiger partial charge in [-0.2, -0.15) is 0 Å². The Balaban J connectivity index is 2.47. The zero-order chi connectivity index (χ0) is 14.3. The van der Waals surface area contributed by atoms with Crippen LogP contribution in [0.1, 0.15) is 56.3 Å². The highest BCUT2D eigenvalue weighted by molar-refractivity contribution is 9.10. The maximum absolute atomic E-state index is 12.1. The highest BCUT2D eigenvalue weighted by Crippen LogP contribution is 2.21. The molecule has 1 amide bonds. The molecule has 0 bridgehead atoms. The Bertz CT molecular complexity index is 423. The first-order valence-electron chi connectivity index (χ1n) is 6.80. The molecule has 0 saturated heterocycles. The van der Waals surface area contributed by atoms with Gasteiger partial charge in [0.2, 0.25) is 0 Å². The van der Waals surface area contributed by atoms with Crippen molar-refractivity contribution in [1.29, 1.82) is 0 Å². The van der Waals surface area contributed by atoms with Crippen molar-refractivity contribution in [3.63, 3.8) is 0 Å². The van der Waals surface area contributed by atoms with E-state index in [2.05, 4.69) is 28.2 Å². The largest absolute Gasteiger partial charge is 0.350 e. The van der Waals surface area contributed by atoms with Crippen molar-refractivity contribution in [3.8, 4) is 0 Å². The number of unbranched alkanes of at least 4 members (excludes halogenated alkanes) is 3. The summed E-state index contributed by atoms with van der Waals surface area (Å²) in [6.07, 6.45) is 5.91. The Morgan fingerprint density at radius 2 is 2.11 bits per heavy atom. The van der Waals surface area contributed by atoms with Gasteiger partial charge >= 0.3 is 0 Å². The van der Waals surface area contributed by atoms with Gasteiger partial charge in [0.1, 0.15) is 0 Å². The number of benzene rings is 1. The SMILES string of the molecule is CCCCCCC(C)NC(=O)c1cc(Cl)ccc1Br. The molecule has 0 heterocycles. The Hall–Kier alpha value is -0.540. The van der Waals surface area contributed by atoms with Gasteiger partial charge in [0.15, 0.2) is 0 Å². The molecule has 0 aromatic heterocycles. The number of nitrogens with one attached hydrogen (secondary N) is 1. The van der Waals surface area contributed by atoms with E-state index in [0.717, 1.165) is 17.3 Å². The molecular formula is C15H21BrClNO. The average Bonchev–Trinajstić information content (AvgIpc) is 2.37. The van der Waals surface area contributed by atoms with Crippen molar-refractivity contribution in [1.82, 2.24) is 5.32 Å². The van der Waals surface area contributed by atoms with E-state index in [4.69, 9.17) is 11.6 Å². The number of rotatable bonds is 7. The lowest BCUT2D eigenvalue weighted by Crippen LogP contribution is -2.32. The van der Waals surface area contributed by atoms with Crippen LogP contribution in [0.25, 0.3) is 0 Å². The van der Waals surface area contributed by atoms with E-state index in [1.165, 1.54) is 19.3 Å². The zero-order valence-corrected chi connectivity index (χ0v) is 13.9. The first-order valence-corrected chi connectivity index (χ1v) is 7.97. The number of hydrogen-bond acceptors (Lipinski definition) is 1. The molecule has 1 unspecified atom stereocenters. The molecule has 1 atom stereocenters. The molecule has 2 nitrogen and oxygen atoms in total. The van der Waals surface area contributed by atoms with Gasteiger partial charge in [-0.1, -0.05) is 44.2 Å². The van der Waals surface area contributed by atoms with Crippen LogP contribution in [0, 0.1) is 0 Å². The second kappa shape index (κ2) is 8.60. The van der Waals surface area contributed by atoms with Crippen LogP contribution in [-0.2, 0) is 0 Å². The summed E-state index contributed by atoms with van der Waals surface area (Å²) in [4.78, 5) is 12.1. The van der Waals surface area contributed by atoms with Crippen LogP contribution in [0.5, 0.6) is 0 Å². The fourth-order valence-corrected chi connectivity index (χ4v) is 2.52. The Kier molecular flexibility index (Phi) is 7.47. The minimum Gasteiger partial charge on any atom is -0.350 e. The molecule has 0 radical (unpaired) electrons. The predicted octanol–water partition coefficient (Wildman–Crippen LogP) is 5.19. The standard InChI is InChI=1S/C15H21BrClNO/c1-3-4-5-6-7-11(2)18-15(19)13-10-12(17)8-9-14(13)16/h8-11H,3-7H2,1-2H3,(H,18,19). The molecule has 0 saturated carbocycles. The summed E-state index contributed by atoms with van der Waals surface area (Å²) >= 11 is 9.29. The molecule has 19 heavy (non-hydrogen) atoms. The quantitative estimate of drug-likeness (QED) is 0.676. The van der Waals surface area contributed by atoms with Crippen LogP contribution in [0.2, 0.25) is 5.02 Å². The summed E-state index contributed by atoms with van der Waals surface area (Å²) < 4.78 is 0.771. The van der Waals surface area contributed by atoms with Gasteiger partial charge in [0, 0.05) is 15.5 Å². The molecule has 0 aliphatic carbocycles. The Labute approximate surface area is 129 Å². The summed E-state index contributed by atoms with van der Waals surface area (Å²) in [5.74, 6) is -0.0719. The third-order valence-electron chi connectivity index (χ3n) is 3.04. The lowest BCUT2D eigenvalue weighted by atomic mass is 10.1.